The summed E-state index contributed by atoms with van der Waals surface area (Å²) in [5.41, 5.74) is -0.538. The van der Waals surface area contributed by atoms with E-state index in [9.17, 15) is 9.59 Å². The topological polar surface area (TPSA) is 108 Å². The zero-order chi connectivity index (χ0) is 28.2. The third-order valence-corrected chi connectivity index (χ3v) is 7.88. The molecule has 1 aromatic heterocycles. The Morgan fingerprint density at radius 2 is 1.90 bits per heavy atom. The molecule has 0 spiro atoms. The summed E-state index contributed by atoms with van der Waals surface area (Å²) in [4.78, 5) is 26.7. The van der Waals surface area contributed by atoms with E-state index < -0.39 is 23.4 Å². The Balaban J connectivity index is 1.44. The van der Waals surface area contributed by atoms with Crippen molar-refractivity contribution in [3.63, 3.8) is 0 Å². The Hall–Kier alpha value is -2.86. The molecule has 2 amide bonds. The van der Waals surface area contributed by atoms with Crippen LogP contribution in [0.5, 0.6) is 0 Å². The van der Waals surface area contributed by atoms with Crippen molar-refractivity contribution in [1.29, 1.82) is 0 Å². The van der Waals surface area contributed by atoms with Gasteiger partial charge in [0.05, 0.1) is 13.1 Å². The summed E-state index contributed by atoms with van der Waals surface area (Å²) in [5.74, 6) is 1.55. The number of carbonyl (C=O) groups is 2. The number of ether oxygens (including phenoxy) is 3. The van der Waals surface area contributed by atoms with E-state index in [1.54, 1.807) is 4.90 Å². The van der Waals surface area contributed by atoms with E-state index in [0.717, 1.165) is 37.1 Å². The summed E-state index contributed by atoms with van der Waals surface area (Å²) in [6.07, 6.45) is 4.54. The first-order chi connectivity index (χ1) is 18.5. The summed E-state index contributed by atoms with van der Waals surface area (Å²) in [6, 6.07) is 9.54. The quantitative estimate of drug-likeness (QED) is 0.482. The second-order valence-electron chi connectivity index (χ2n) is 11.1. The summed E-state index contributed by atoms with van der Waals surface area (Å²) in [6.45, 7) is 6.25. The molecule has 1 aliphatic carbocycles. The Morgan fingerprint density at radius 3 is 2.56 bits per heavy atom. The normalized spacial score (nSPS) is 20.5. The van der Waals surface area contributed by atoms with Crippen LogP contribution < -0.4 is 5.32 Å². The fourth-order valence-electron chi connectivity index (χ4n) is 5.09. The molecule has 1 N–H and O–H groups in total. The summed E-state index contributed by atoms with van der Waals surface area (Å²) < 4.78 is 19.5. The van der Waals surface area contributed by atoms with Gasteiger partial charge in [-0.2, -0.15) is 0 Å². The molecule has 12 heteroatoms. The number of carbonyl (C=O) groups excluding carboxylic acids is 2. The highest BCUT2D eigenvalue weighted by Gasteiger charge is 2.54. The Kier molecular flexibility index (Phi) is 9.05. The molecule has 39 heavy (non-hydrogen) atoms. The zero-order valence-electron chi connectivity index (χ0n) is 23.1. The third kappa shape index (κ3) is 7.21. The monoisotopic (exact) mass is 575 g/mol. The van der Waals surface area contributed by atoms with Crippen LogP contribution >= 0.6 is 24.0 Å². The van der Waals surface area contributed by atoms with Gasteiger partial charge in [-0.25, -0.2) is 9.59 Å². The average molecular weight is 576 g/mol. The summed E-state index contributed by atoms with van der Waals surface area (Å²) >= 11 is 6.72. The molecular weight excluding hydrogens is 538 g/mol. The summed E-state index contributed by atoms with van der Waals surface area (Å²) in [5, 5.41) is 12.1. The second-order valence-corrected chi connectivity index (χ2v) is 12.5. The predicted octanol–water partition coefficient (Wildman–Crippen LogP) is 4.88. The van der Waals surface area contributed by atoms with Crippen molar-refractivity contribution >= 4 is 40.5 Å². The molecule has 0 unspecified atom stereocenters. The van der Waals surface area contributed by atoms with Gasteiger partial charge >= 0.3 is 12.2 Å². The number of hydrogen-bond donors (Lipinski definition) is 1. The maximum atomic E-state index is 12.7. The van der Waals surface area contributed by atoms with E-state index in [-0.39, 0.29) is 31.7 Å². The largest absolute Gasteiger partial charge is 0.460 e. The number of rotatable bonds is 6. The Labute approximate surface area is 239 Å². The van der Waals surface area contributed by atoms with Gasteiger partial charge in [-0.05, 0) is 64.1 Å². The number of hydrogen-bond acceptors (Lipinski definition) is 9. The van der Waals surface area contributed by atoms with Crippen molar-refractivity contribution in [3.8, 4) is 0 Å². The molecule has 2 heterocycles. The molecule has 10 nitrogen and oxygen atoms in total. The highest BCUT2D eigenvalue weighted by molar-refractivity contribution is 8.22. The zero-order valence-corrected chi connectivity index (χ0v) is 24.8. The van der Waals surface area contributed by atoms with Crippen LogP contribution in [0.15, 0.2) is 30.3 Å². The van der Waals surface area contributed by atoms with Crippen LogP contribution in [-0.2, 0) is 33.5 Å². The van der Waals surface area contributed by atoms with E-state index in [4.69, 9.17) is 26.4 Å². The van der Waals surface area contributed by atoms with Crippen molar-refractivity contribution in [3.05, 3.63) is 47.5 Å². The molecular formula is C27H37N5O5S2. The molecule has 2 fully saturated rings. The lowest BCUT2D eigenvalue weighted by Gasteiger charge is -2.47. The number of alkyl carbamates (subject to hydrolysis) is 1. The highest BCUT2D eigenvalue weighted by atomic mass is 32.2. The average Bonchev–Trinajstić information content (AvgIpc) is 3.25. The lowest BCUT2D eigenvalue weighted by molar-refractivity contribution is -0.0873. The van der Waals surface area contributed by atoms with Crippen molar-refractivity contribution < 1.29 is 23.8 Å². The highest BCUT2D eigenvalue weighted by Crippen LogP contribution is 2.39. The van der Waals surface area contributed by atoms with E-state index in [1.807, 2.05) is 69.0 Å². The van der Waals surface area contributed by atoms with Crippen LogP contribution in [0.3, 0.4) is 0 Å². The number of thioether (sulfide) groups is 1. The predicted molar refractivity (Wildman–Crippen MR) is 152 cm³/mol. The lowest BCUT2D eigenvalue weighted by Crippen LogP contribution is -2.63. The SMILES string of the molecule is CSC(=S)OC1(c2nnc([C@H]3CCC[C@@H](NC(=O)OC(C)(C)C)C3)n2C)CN(C(=O)OCc2ccccc2)C1. The molecule has 2 aliphatic rings. The van der Waals surface area contributed by atoms with Gasteiger partial charge in [-0.15, -0.1) is 10.2 Å². The van der Waals surface area contributed by atoms with Crippen molar-refractivity contribution in [2.75, 3.05) is 19.3 Å². The van der Waals surface area contributed by atoms with E-state index >= 15 is 0 Å². The number of thiocarbonyl (C=S) groups is 1. The van der Waals surface area contributed by atoms with Gasteiger partial charge in [0.15, 0.2) is 5.82 Å². The number of aromatic nitrogens is 3. The van der Waals surface area contributed by atoms with Gasteiger partial charge in [0.2, 0.25) is 9.98 Å². The first kappa shape index (κ1) is 29.1. The van der Waals surface area contributed by atoms with Crippen molar-refractivity contribution in [2.24, 2.45) is 7.05 Å². The molecule has 1 aliphatic heterocycles. The molecule has 1 saturated heterocycles. The van der Waals surface area contributed by atoms with E-state index in [1.165, 1.54) is 11.8 Å². The van der Waals surface area contributed by atoms with Gasteiger partial charge in [0.1, 0.15) is 18.0 Å². The second kappa shape index (κ2) is 12.1. The van der Waals surface area contributed by atoms with Crippen molar-refractivity contribution in [2.45, 2.75) is 76.2 Å². The number of amides is 2. The first-order valence-corrected chi connectivity index (χ1v) is 14.7. The molecule has 1 saturated carbocycles. The molecule has 0 radical (unpaired) electrons. The smallest absolute Gasteiger partial charge is 0.410 e. The van der Waals surface area contributed by atoms with Crippen LogP contribution in [0.1, 0.15) is 69.6 Å². The number of nitrogens with one attached hydrogen (secondary N) is 1. The van der Waals surface area contributed by atoms with Crippen LogP contribution in [-0.4, -0.2) is 67.2 Å². The van der Waals surface area contributed by atoms with Gasteiger partial charge in [0, 0.05) is 19.0 Å². The van der Waals surface area contributed by atoms with Crippen molar-refractivity contribution in [1.82, 2.24) is 25.0 Å². The van der Waals surface area contributed by atoms with Crippen LogP contribution in [0.25, 0.3) is 0 Å². The van der Waals surface area contributed by atoms with Gasteiger partial charge in [0.25, 0.3) is 0 Å². The number of likely N-dealkylation sites (tertiary alicyclic amines) is 1. The molecule has 212 valence electrons. The standard InChI is InChI=1S/C27H37N5O5S2/c1-26(2,3)36-23(33)28-20-13-9-12-19(14-20)21-29-30-22(31(21)4)27(37-25(38)39-5)16-32(17-27)24(34)35-15-18-10-7-6-8-11-18/h6-8,10-11,19-20H,9,12-17H2,1-5H3,(H,28,33)/t19-,20+/m0/s1. The number of benzene rings is 1. The lowest BCUT2D eigenvalue weighted by atomic mass is 9.85. The molecule has 0 bridgehead atoms. The maximum Gasteiger partial charge on any atom is 0.410 e. The molecule has 4 rings (SSSR count). The van der Waals surface area contributed by atoms with Crippen LogP contribution in [0.4, 0.5) is 9.59 Å². The number of nitrogens with zero attached hydrogens (tertiary/aromatic N) is 4. The van der Waals surface area contributed by atoms with Gasteiger partial charge in [-0.3, -0.25) is 4.90 Å². The third-order valence-electron chi connectivity index (χ3n) is 6.88. The maximum absolute atomic E-state index is 12.7. The van der Waals surface area contributed by atoms with Crippen LogP contribution in [0, 0.1) is 0 Å². The summed E-state index contributed by atoms with van der Waals surface area (Å²) in [7, 11) is 1.92. The Morgan fingerprint density at radius 1 is 1.18 bits per heavy atom. The molecule has 2 atom stereocenters. The first-order valence-electron chi connectivity index (χ1n) is 13.1. The van der Waals surface area contributed by atoms with Gasteiger partial charge < -0.3 is 24.1 Å². The fourth-order valence-corrected chi connectivity index (χ4v) is 5.49. The van der Waals surface area contributed by atoms with Crippen LogP contribution in [0.2, 0.25) is 0 Å². The van der Waals surface area contributed by atoms with Gasteiger partial charge in [-0.1, -0.05) is 48.5 Å². The fraction of sp³-hybridized carbons (Fsp3) is 0.593. The molecule has 1 aromatic carbocycles. The minimum Gasteiger partial charge on any atom is -0.460 e. The van der Waals surface area contributed by atoms with E-state index in [0.29, 0.717) is 10.2 Å². The van der Waals surface area contributed by atoms with E-state index in [2.05, 4.69) is 15.5 Å². The molecule has 2 aromatic rings. The Bertz CT molecular complexity index is 1180. The minimum atomic E-state index is -0.908. The minimum absolute atomic E-state index is 0.00777.